The lowest BCUT2D eigenvalue weighted by Crippen LogP contribution is -2.30. The van der Waals surface area contributed by atoms with Gasteiger partial charge in [0.05, 0.1) is 0 Å². The summed E-state index contributed by atoms with van der Waals surface area (Å²) >= 11 is 0. The number of esters is 3. The molecule has 0 aromatic heterocycles. The van der Waals surface area contributed by atoms with E-state index in [1.165, 1.54) is 70.6 Å². The Morgan fingerprint density at radius 1 is 0.361 bits per heavy atom. The number of carbonyl (C=O) groups excluding carboxylic acids is 3. The van der Waals surface area contributed by atoms with Crippen LogP contribution in [0, 0.1) is 0 Å². The second-order valence-electron chi connectivity index (χ2n) is 15.8. The molecule has 6 nitrogen and oxygen atoms in total. The van der Waals surface area contributed by atoms with E-state index in [-0.39, 0.29) is 37.5 Å². The fraction of sp³-hybridized carbons (Fsp3) is 0.618. The van der Waals surface area contributed by atoms with E-state index in [0.717, 1.165) is 83.5 Å². The van der Waals surface area contributed by atoms with Crippen LogP contribution < -0.4 is 0 Å². The number of unbranched alkanes of at least 4 members (excludes halogenated alkanes) is 18. The van der Waals surface area contributed by atoms with Gasteiger partial charge in [0.1, 0.15) is 13.2 Å². The Kier molecular flexibility index (Phi) is 45.6. The first-order valence-corrected chi connectivity index (χ1v) is 24.5. The Morgan fingerprint density at radius 2 is 0.738 bits per heavy atom. The SMILES string of the molecule is CC\C=C/C=C\C=C/C=C\C=C/CCCC(=O)OCC(COC(=O)CCCCC/C=C\C=C/CCCCCCCCC)OC(=O)CCCCCCCCC/C=C\C/C=C\CC. The number of hydrogen-bond donors (Lipinski definition) is 0. The van der Waals surface area contributed by atoms with E-state index in [9.17, 15) is 14.4 Å². The van der Waals surface area contributed by atoms with Crippen LogP contribution >= 0.6 is 0 Å². The summed E-state index contributed by atoms with van der Waals surface area (Å²) in [6.07, 6.45) is 65.1. The van der Waals surface area contributed by atoms with Gasteiger partial charge in [0.25, 0.3) is 0 Å². The van der Waals surface area contributed by atoms with Crippen molar-refractivity contribution in [3.8, 4) is 0 Å². The molecule has 1 unspecified atom stereocenters. The lowest BCUT2D eigenvalue weighted by molar-refractivity contribution is -0.167. The molecular weight excluding hydrogens is 757 g/mol. The molecule has 0 N–H and O–H groups in total. The lowest BCUT2D eigenvalue weighted by atomic mass is 10.1. The fourth-order valence-corrected chi connectivity index (χ4v) is 6.26. The van der Waals surface area contributed by atoms with Crippen molar-refractivity contribution < 1.29 is 28.6 Å². The predicted molar refractivity (Wildman–Crippen MR) is 260 cm³/mol. The van der Waals surface area contributed by atoms with Gasteiger partial charge in [0.2, 0.25) is 0 Å². The van der Waals surface area contributed by atoms with E-state index in [1.807, 2.05) is 54.7 Å². The summed E-state index contributed by atoms with van der Waals surface area (Å²) in [5.41, 5.74) is 0. The molecule has 0 bridgehead atoms. The Hall–Kier alpha value is -3.93. The highest BCUT2D eigenvalue weighted by atomic mass is 16.6. The van der Waals surface area contributed by atoms with Crippen LogP contribution in [0.5, 0.6) is 0 Å². The number of carbonyl (C=O) groups is 3. The van der Waals surface area contributed by atoms with Crippen LogP contribution in [-0.2, 0) is 28.6 Å². The molecule has 344 valence electrons. The first kappa shape index (κ1) is 57.1. The largest absolute Gasteiger partial charge is 0.462 e. The molecule has 0 aliphatic carbocycles. The minimum atomic E-state index is -0.822. The summed E-state index contributed by atoms with van der Waals surface area (Å²) in [6, 6.07) is 0. The molecule has 1 atom stereocenters. The van der Waals surface area contributed by atoms with Crippen LogP contribution in [0.1, 0.15) is 201 Å². The van der Waals surface area contributed by atoms with Crippen molar-refractivity contribution in [2.45, 2.75) is 207 Å². The van der Waals surface area contributed by atoms with Crippen LogP contribution in [0.3, 0.4) is 0 Å². The molecule has 0 aliphatic heterocycles. The van der Waals surface area contributed by atoms with Gasteiger partial charge in [-0.15, -0.1) is 0 Å². The second kappa shape index (κ2) is 48.7. The third-order valence-electron chi connectivity index (χ3n) is 9.90. The summed E-state index contributed by atoms with van der Waals surface area (Å²) in [6.45, 7) is 6.27. The van der Waals surface area contributed by atoms with Crippen LogP contribution in [-0.4, -0.2) is 37.2 Å². The van der Waals surface area contributed by atoms with Crippen molar-refractivity contribution >= 4 is 17.9 Å². The maximum absolute atomic E-state index is 12.8. The molecule has 0 heterocycles. The highest BCUT2D eigenvalue weighted by Crippen LogP contribution is 2.13. The zero-order valence-electron chi connectivity index (χ0n) is 39.1. The van der Waals surface area contributed by atoms with E-state index >= 15 is 0 Å². The molecule has 0 radical (unpaired) electrons. The molecule has 0 amide bonds. The molecule has 6 heteroatoms. The van der Waals surface area contributed by atoms with Crippen LogP contribution in [0.4, 0.5) is 0 Å². The molecule has 0 saturated heterocycles. The fourth-order valence-electron chi connectivity index (χ4n) is 6.26. The van der Waals surface area contributed by atoms with E-state index < -0.39 is 6.10 Å². The molecule has 0 aliphatic rings. The number of ether oxygens (including phenoxy) is 3. The normalized spacial score (nSPS) is 13.0. The zero-order valence-corrected chi connectivity index (χ0v) is 39.1. The Labute approximate surface area is 374 Å². The monoisotopic (exact) mass is 845 g/mol. The van der Waals surface area contributed by atoms with Crippen molar-refractivity contribution in [3.63, 3.8) is 0 Å². The van der Waals surface area contributed by atoms with Gasteiger partial charge in [-0.1, -0.05) is 207 Å². The van der Waals surface area contributed by atoms with Gasteiger partial charge in [-0.2, -0.15) is 0 Å². The molecule has 61 heavy (non-hydrogen) atoms. The van der Waals surface area contributed by atoms with Crippen molar-refractivity contribution in [3.05, 3.63) is 109 Å². The zero-order chi connectivity index (χ0) is 44.4. The lowest BCUT2D eigenvalue weighted by Gasteiger charge is -2.18. The van der Waals surface area contributed by atoms with Gasteiger partial charge >= 0.3 is 17.9 Å². The first-order valence-electron chi connectivity index (χ1n) is 24.5. The van der Waals surface area contributed by atoms with Gasteiger partial charge in [-0.05, 0) is 83.5 Å². The first-order chi connectivity index (χ1) is 30.0. The van der Waals surface area contributed by atoms with E-state index in [2.05, 4.69) is 75.5 Å². The second-order valence-corrected chi connectivity index (χ2v) is 15.8. The van der Waals surface area contributed by atoms with Crippen LogP contribution in [0.25, 0.3) is 0 Å². The average molecular weight is 845 g/mol. The highest BCUT2D eigenvalue weighted by Gasteiger charge is 2.19. The molecular formula is C55H88O6. The molecule has 0 aromatic rings. The summed E-state index contributed by atoms with van der Waals surface area (Å²) in [5.74, 6) is -1.04. The smallest absolute Gasteiger partial charge is 0.306 e. The Balaban J connectivity index is 4.55. The summed E-state index contributed by atoms with van der Waals surface area (Å²) in [4.78, 5) is 37.9. The van der Waals surface area contributed by atoms with Gasteiger partial charge in [-0.25, -0.2) is 0 Å². The number of allylic oxidation sites excluding steroid dienone is 18. The van der Waals surface area contributed by atoms with Crippen LogP contribution in [0.15, 0.2) is 109 Å². The van der Waals surface area contributed by atoms with E-state index in [4.69, 9.17) is 14.2 Å². The van der Waals surface area contributed by atoms with Gasteiger partial charge in [-0.3, -0.25) is 14.4 Å². The quantitative estimate of drug-likeness (QED) is 0.0200. The Bertz CT molecular complexity index is 1290. The minimum absolute atomic E-state index is 0.120. The van der Waals surface area contributed by atoms with Crippen molar-refractivity contribution in [2.75, 3.05) is 13.2 Å². The summed E-state index contributed by atoms with van der Waals surface area (Å²) in [5, 5.41) is 0. The topological polar surface area (TPSA) is 78.9 Å². The van der Waals surface area contributed by atoms with Crippen LogP contribution in [0.2, 0.25) is 0 Å². The maximum Gasteiger partial charge on any atom is 0.306 e. The van der Waals surface area contributed by atoms with Gasteiger partial charge in [0, 0.05) is 19.3 Å². The predicted octanol–water partition coefficient (Wildman–Crippen LogP) is 16.0. The summed E-state index contributed by atoms with van der Waals surface area (Å²) in [7, 11) is 0. The summed E-state index contributed by atoms with van der Waals surface area (Å²) < 4.78 is 16.7. The average Bonchev–Trinajstić information content (AvgIpc) is 3.26. The van der Waals surface area contributed by atoms with Gasteiger partial charge < -0.3 is 14.2 Å². The van der Waals surface area contributed by atoms with Crippen molar-refractivity contribution in [1.29, 1.82) is 0 Å². The molecule has 0 fully saturated rings. The molecule has 0 aromatic carbocycles. The third-order valence-corrected chi connectivity index (χ3v) is 9.90. The minimum Gasteiger partial charge on any atom is -0.462 e. The standard InChI is InChI=1S/C55H88O6/c1-4-7-10-13-16-19-22-25-27-28-31-33-36-39-42-45-48-54(57)60-51-52(50-59-53(56)47-44-41-38-35-32-29-24-21-18-15-12-9-6-3)61-55(58)49-46-43-40-37-34-30-26-23-20-17-14-11-8-5-2/h8-9,11-12,15,17-18,20-21,24,27-29,31-33,35,38,52H,4-7,10,13-14,16,19,22-23,25-26,30,34,36-37,39-51H2,1-3H3/b11-8-,12-9-,18-15-,20-17-,24-21-,28-27-,32-29-,33-31-,38-35-. The third kappa shape index (κ3) is 47.0. The molecule has 0 spiro atoms. The number of hydrogen-bond acceptors (Lipinski definition) is 6. The molecule has 0 rings (SSSR count). The van der Waals surface area contributed by atoms with Crippen molar-refractivity contribution in [1.82, 2.24) is 0 Å². The number of rotatable bonds is 42. The highest BCUT2D eigenvalue weighted by molar-refractivity contribution is 5.71. The maximum atomic E-state index is 12.8. The molecule has 0 saturated carbocycles. The van der Waals surface area contributed by atoms with E-state index in [1.54, 1.807) is 0 Å². The van der Waals surface area contributed by atoms with Crippen molar-refractivity contribution in [2.24, 2.45) is 0 Å². The van der Waals surface area contributed by atoms with Gasteiger partial charge in [0.15, 0.2) is 6.10 Å². The Morgan fingerprint density at radius 3 is 1.28 bits per heavy atom. The van der Waals surface area contributed by atoms with E-state index in [0.29, 0.717) is 19.3 Å².